The lowest BCUT2D eigenvalue weighted by Crippen LogP contribution is -2.48. The van der Waals surface area contributed by atoms with Gasteiger partial charge < -0.3 is 11.1 Å². The maximum absolute atomic E-state index is 12.2. The van der Waals surface area contributed by atoms with Gasteiger partial charge in [-0.25, -0.2) is 9.97 Å². The molecule has 2 rings (SSSR count). The van der Waals surface area contributed by atoms with Crippen LogP contribution in [0.25, 0.3) is 0 Å². The molecule has 3 N–H and O–H groups in total. The number of hydrogen-bond acceptors (Lipinski definition) is 4. The van der Waals surface area contributed by atoms with Crippen LogP contribution < -0.4 is 11.1 Å². The standard InChI is InChI=1S/C14H16N4O/c1-14(15,11-5-3-2-4-6-11)13(19)17-9-12-7-8-16-10-18-12/h2-8,10H,9,15H2,1H3,(H,17,19). The molecule has 19 heavy (non-hydrogen) atoms. The van der Waals surface area contributed by atoms with E-state index in [9.17, 15) is 4.79 Å². The van der Waals surface area contributed by atoms with Gasteiger partial charge >= 0.3 is 0 Å². The molecule has 1 unspecified atom stereocenters. The van der Waals surface area contributed by atoms with E-state index in [0.717, 1.165) is 11.3 Å². The highest BCUT2D eigenvalue weighted by Gasteiger charge is 2.29. The van der Waals surface area contributed by atoms with Crippen molar-refractivity contribution in [2.75, 3.05) is 0 Å². The zero-order chi connectivity index (χ0) is 13.7. The fourth-order valence-electron chi connectivity index (χ4n) is 1.69. The Kier molecular flexibility index (Phi) is 3.87. The summed E-state index contributed by atoms with van der Waals surface area (Å²) in [6.45, 7) is 2.03. The molecule has 5 heteroatoms. The molecule has 5 nitrogen and oxygen atoms in total. The van der Waals surface area contributed by atoms with E-state index in [1.165, 1.54) is 6.33 Å². The van der Waals surface area contributed by atoms with E-state index < -0.39 is 5.54 Å². The third-order valence-corrected chi connectivity index (χ3v) is 2.92. The predicted molar refractivity (Wildman–Crippen MR) is 71.9 cm³/mol. The number of nitrogens with zero attached hydrogens (tertiary/aromatic N) is 2. The molecule has 1 heterocycles. The summed E-state index contributed by atoms with van der Waals surface area (Å²) in [4.78, 5) is 20.0. The van der Waals surface area contributed by atoms with Gasteiger partial charge in [-0.15, -0.1) is 0 Å². The quantitative estimate of drug-likeness (QED) is 0.854. The van der Waals surface area contributed by atoms with E-state index in [1.54, 1.807) is 19.2 Å². The average molecular weight is 256 g/mol. The Morgan fingerprint density at radius 3 is 2.68 bits per heavy atom. The van der Waals surface area contributed by atoms with Gasteiger partial charge in [-0.2, -0.15) is 0 Å². The second-order valence-corrected chi connectivity index (χ2v) is 4.45. The fraction of sp³-hybridized carbons (Fsp3) is 0.214. The molecule has 0 bridgehead atoms. The van der Waals surface area contributed by atoms with Gasteiger partial charge in [-0.3, -0.25) is 4.79 Å². The van der Waals surface area contributed by atoms with Crippen molar-refractivity contribution >= 4 is 5.91 Å². The fourth-order valence-corrected chi connectivity index (χ4v) is 1.69. The lowest BCUT2D eigenvalue weighted by molar-refractivity contribution is -0.126. The molecule has 0 aliphatic heterocycles. The van der Waals surface area contributed by atoms with Crippen molar-refractivity contribution in [3.8, 4) is 0 Å². The topological polar surface area (TPSA) is 80.9 Å². The van der Waals surface area contributed by atoms with Gasteiger partial charge in [0.05, 0.1) is 12.2 Å². The van der Waals surface area contributed by atoms with Gasteiger partial charge in [0, 0.05) is 6.20 Å². The van der Waals surface area contributed by atoms with Crippen molar-refractivity contribution in [2.24, 2.45) is 5.73 Å². The number of amides is 1. The lowest BCUT2D eigenvalue weighted by atomic mass is 9.92. The second-order valence-electron chi connectivity index (χ2n) is 4.45. The summed E-state index contributed by atoms with van der Waals surface area (Å²) in [6.07, 6.45) is 3.08. The normalized spacial score (nSPS) is 13.6. The number of nitrogens with two attached hydrogens (primary N) is 1. The summed E-state index contributed by atoms with van der Waals surface area (Å²) < 4.78 is 0. The van der Waals surface area contributed by atoms with Crippen molar-refractivity contribution in [1.82, 2.24) is 15.3 Å². The van der Waals surface area contributed by atoms with E-state index in [4.69, 9.17) is 5.73 Å². The number of benzene rings is 1. The summed E-state index contributed by atoms with van der Waals surface area (Å²) in [5.74, 6) is -0.239. The third kappa shape index (κ3) is 3.14. The average Bonchev–Trinajstić information content (AvgIpc) is 2.46. The predicted octanol–water partition coefficient (Wildman–Crippen LogP) is 0.967. The number of carbonyl (C=O) groups excluding carboxylic acids is 1. The summed E-state index contributed by atoms with van der Waals surface area (Å²) in [6, 6.07) is 11.0. The minimum Gasteiger partial charge on any atom is -0.349 e. The molecule has 0 aliphatic rings. The Morgan fingerprint density at radius 1 is 1.32 bits per heavy atom. The summed E-state index contributed by atoms with van der Waals surface area (Å²) >= 11 is 0. The van der Waals surface area contributed by atoms with Crippen molar-refractivity contribution in [2.45, 2.75) is 19.0 Å². The maximum Gasteiger partial charge on any atom is 0.244 e. The molecule has 1 atom stereocenters. The Balaban J connectivity index is 2.03. The molecule has 98 valence electrons. The number of carbonyl (C=O) groups is 1. The first-order valence-electron chi connectivity index (χ1n) is 5.98. The van der Waals surface area contributed by atoms with E-state index >= 15 is 0 Å². The number of rotatable bonds is 4. The minimum atomic E-state index is -1.06. The van der Waals surface area contributed by atoms with E-state index in [1.807, 2.05) is 30.3 Å². The second kappa shape index (κ2) is 5.58. The van der Waals surface area contributed by atoms with Crippen molar-refractivity contribution in [3.63, 3.8) is 0 Å². The first-order chi connectivity index (χ1) is 9.10. The molecule has 0 aliphatic carbocycles. The highest BCUT2D eigenvalue weighted by molar-refractivity contribution is 5.86. The van der Waals surface area contributed by atoms with E-state index in [-0.39, 0.29) is 5.91 Å². The Hall–Kier alpha value is -2.27. The zero-order valence-corrected chi connectivity index (χ0v) is 10.7. The van der Waals surface area contributed by atoms with Crippen LogP contribution in [0.15, 0.2) is 48.9 Å². The van der Waals surface area contributed by atoms with Crippen LogP contribution in [0.3, 0.4) is 0 Å². The van der Waals surface area contributed by atoms with E-state index in [2.05, 4.69) is 15.3 Å². The van der Waals surface area contributed by atoms with Crippen LogP contribution in [0, 0.1) is 0 Å². The van der Waals surface area contributed by atoms with Gasteiger partial charge in [-0.05, 0) is 18.6 Å². The molecule has 0 saturated heterocycles. The highest BCUT2D eigenvalue weighted by Crippen LogP contribution is 2.17. The molecule has 0 fully saturated rings. The van der Waals surface area contributed by atoms with Gasteiger partial charge in [0.1, 0.15) is 11.9 Å². The Bertz CT molecular complexity index is 540. The zero-order valence-electron chi connectivity index (χ0n) is 10.7. The van der Waals surface area contributed by atoms with Gasteiger partial charge in [0.15, 0.2) is 0 Å². The van der Waals surface area contributed by atoms with Crippen LogP contribution in [0.2, 0.25) is 0 Å². The summed E-state index contributed by atoms with van der Waals surface area (Å²) in [5.41, 5.74) is 6.56. The molecule has 1 aromatic heterocycles. The van der Waals surface area contributed by atoms with E-state index in [0.29, 0.717) is 6.54 Å². The van der Waals surface area contributed by atoms with Gasteiger partial charge in [0.25, 0.3) is 0 Å². The van der Waals surface area contributed by atoms with Crippen LogP contribution in [-0.2, 0) is 16.9 Å². The number of nitrogens with one attached hydrogen (secondary N) is 1. The minimum absolute atomic E-state index is 0.239. The molecular weight excluding hydrogens is 240 g/mol. The van der Waals surface area contributed by atoms with Crippen LogP contribution in [-0.4, -0.2) is 15.9 Å². The van der Waals surface area contributed by atoms with Crippen LogP contribution >= 0.6 is 0 Å². The third-order valence-electron chi connectivity index (χ3n) is 2.92. The molecule has 1 amide bonds. The molecular formula is C14H16N4O. The summed E-state index contributed by atoms with van der Waals surface area (Å²) in [5, 5.41) is 2.78. The van der Waals surface area contributed by atoms with Crippen LogP contribution in [0.1, 0.15) is 18.2 Å². The SMILES string of the molecule is CC(N)(C(=O)NCc1ccncn1)c1ccccc1. The molecule has 0 spiro atoms. The largest absolute Gasteiger partial charge is 0.349 e. The smallest absolute Gasteiger partial charge is 0.244 e. The van der Waals surface area contributed by atoms with Gasteiger partial charge in [-0.1, -0.05) is 30.3 Å². The highest BCUT2D eigenvalue weighted by atomic mass is 16.2. The first-order valence-corrected chi connectivity index (χ1v) is 5.98. The summed E-state index contributed by atoms with van der Waals surface area (Å²) in [7, 11) is 0. The first kappa shape index (κ1) is 13.2. The molecule has 1 aromatic carbocycles. The molecule has 0 saturated carbocycles. The maximum atomic E-state index is 12.2. The van der Waals surface area contributed by atoms with Crippen LogP contribution in [0.4, 0.5) is 0 Å². The van der Waals surface area contributed by atoms with Crippen molar-refractivity contribution < 1.29 is 4.79 Å². The number of hydrogen-bond donors (Lipinski definition) is 2. The monoisotopic (exact) mass is 256 g/mol. The number of aromatic nitrogens is 2. The van der Waals surface area contributed by atoms with Crippen molar-refractivity contribution in [3.05, 3.63) is 60.2 Å². The van der Waals surface area contributed by atoms with Gasteiger partial charge in [0.2, 0.25) is 5.91 Å². The molecule has 2 aromatic rings. The van der Waals surface area contributed by atoms with Crippen LogP contribution in [0.5, 0.6) is 0 Å². The van der Waals surface area contributed by atoms with Crippen molar-refractivity contribution in [1.29, 1.82) is 0 Å². The Labute approximate surface area is 111 Å². The Morgan fingerprint density at radius 2 is 2.05 bits per heavy atom. The molecule has 0 radical (unpaired) electrons. The lowest BCUT2D eigenvalue weighted by Gasteiger charge is -2.23.